The fourth-order valence-corrected chi connectivity index (χ4v) is 2.81. The highest BCUT2D eigenvalue weighted by Gasteiger charge is 2.23. The van der Waals surface area contributed by atoms with Gasteiger partial charge in [-0.2, -0.15) is 0 Å². The van der Waals surface area contributed by atoms with E-state index in [9.17, 15) is 4.79 Å². The first-order valence-corrected chi connectivity index (χ1v) is 7.80. The Labute approximate surface area is 123 Å². The van der Waals surface area contributed by atoms with Gasteiger partial charge in [0, 0.05) is 31.6 Å². The fourth-order valence-electron chi connectivity index (χ4n) is 2.81. The van der Waals surface area contributed by atoms with Crippen molar-refractivity contribution in [2.75, 3.05) is 40.3 Å². The van der Waals surface area contributed by atoms with Gasteiger partial charge in [-0.1, -0.05) is 0 Å². The summed E-state index contributed by atoms with van der Waals surface area (Å²) < 4.78 is 0. The Morgan fingerprint density at radius 3 is 2.50 bits per heavy atom. The van der Waals surface area contributed by atoms with E-state index in [1.165, 1.54) is 25.9 Å². The summed E-state index contributed by atoms with van der Waals surface area (Å²) >= 11 is 0. The van der Waals surface area contributed by atoms with Gasteiger partial charge < -0.3 is 20.9 Å². The third-order valence-corrected chi connectivity index (χ3v) is 4.15. The second-order valence-corrected chi connectivity index (χ2v) is 6.50. The highest BCUT2D eigenvalue weighted by Crippen LogP contribution is 2.18. The molecule has 0 aliphatic carbocycles. The van der Waals surface area contributed by atoms with Crippen LogP contribution in [-0.2, 0) is 4.79 Å². The molecule has 0 saturated carbocycles. The number of nitrogens with one attached hydrogen (secondary N) is 1. The van der Waals surface area contributed by atoms with Crippen LogP contribution in [0, 0.1) is 5.92 Å². The van der Waals surface area contributed by atoms with Crippen LogP contribution in [0.25, 0.3) is 0 Å². The minimum absolute atomic E-state index is 0.102. The number of piperidine rings is 1. The maximum absolute atomic E-state index is 11.9. The third kappa shape index (κ3) is 6.20. The minimum Gasteiger partial charge on any atom is -0.354 e. The normalized spacial score (nSPS) is 19.6. The molecule has 1 aliphatic heterocycles. The lowest BCUT2D eigenvalue weighted by Crippen LogP contribution is -2.45. The average Bonchev–Trinajstić information content (AvgIpc) is 2.37. The molecule has 3 N–H and O–H groups in total. The third-order valence-electron chi connectivity index (χ3n) is 4.15. The molecule has 1 rings (SSSR count). The largest absolute Gasteiger partial charge is 0.354 e. The summed E-state index contributed by atoms with van der Waals surface area (Å²) in [4.78, 5) is 16.5. The highest BCUT2D eigenvalue weighted by molar-refractivity contribution is 5.76. The average molecular weight is 284 g/mol. The van der Waals surface area contributed by atoms with Crippen LogP contribution < -0.4 is 11.1 Å². The molecular weight excluding hydrogens is 252 g/mol. The molecule has 1 aliphatic rings. The van der Waals surface area contributed by atoms with Crippen molar-refractivity contribution >= 4 is 5.91 Å². The molecule has 1 heterocycles. The van der Waals surface area contributed by atoms with Gasteiger partial charge in [-0.25, -0.2) is 0 Å². The standard InChI is InChI=1S/C15H32N4O/c1-12(2)17-15(20)9-14(10-16)19(4)11-13-5-7-18(3)8-6-13/h12-14H,5-11,16H2,1-4H3,(H,17,20). The van der Waals surface area contributed by atoms with Gasteiger partial charge in [0.2, 0.25) is 5.91 Å². The van der Waals surface area contributed by atoms with E-state index in [1.54, 1.807) is 0 Å². The zero-order valence-corrected chi connectivity index (χ0v) is 13.6. The van der Waals surface area contributed by atoms with E-state index in [4.69, 9.17) is 5.73 Å². The summed E-state index contributed by atoms with van der Waals surface area (Å²) in [7, 11) is 4.28. The first-order valence-electron chi connectivity index (χ1n) is 7.80. The van der Waals surface area contributed by atoms with E-state index in [0.717, 1.165) is 12.5 Å². The molecule has 0 aromatic carbocycles. The van der Waals surface area contributed by atoms with Crippen LogP contribution in [0.1, 0.15) is 33.1 Å². The molecule has 1 unspecified atom stereocenters. The number of nitrogens with zero attached hydrogens (tertiary/aromatic N) is 2. The highest BCUT2D eigenvalue weighted by atomic mass is 16.1. The van der Waals surface area contributed by atoms with Crippen molar-refractivity contribution in [1.29, 1.82) is 0 Å². The summed E-state index contributed by atoms with van der Waals surface area (Å²) in [6, 6.07) is 0.341. The van der Waals surface area contributed by atoms with Gasteiger partial charge in [-0.3, -0.25) is 4.79 Å². The summed E-state index contributed by atoms with van der Waals surface area (Å²) in [5, 5.41) is 2.94. The molecular formula is C15H32N4O. The Morgan fingerprint density at radius 2 is 2.00 bits per heavy atom. The van der Waals surface area contributed by atoms with Gasteiger partial charge >= 0.3 is 0 Å². The van der Waals surface area contributed by atoms with Gasteiger partial charge in [0.25, 0.3) is 0 Å². The van der Waals surface area contributed by atoms with Crippen molar-refractivity contribution in [3.8, 4) is 0 Å². The smallest absolute Gasteiger partial charge is 0.221 e. The van der Waals surface area contributed by atoms with Crippen LogP contribution in [0.4, 0.5) is 0 Å². The van der Waals surface area contributed by atoms with E-state index in [-0.39, 0.29) is 18.0 Å². The van der Waals surface area contributed by atoms with Gasteiger partial charge in [0.15, 0.2) is 0 Å². The summed E-state index contributed by atoms with van der Waals surface area (Å²) in [5.74, 6) is 0.837. The molecule has 0 bridgehead atoms. The molecule has 0 radical (unpaired) electrons. The Balaban J connectivity index is 2.38. The van der Waals surface area contributed by atoms with Gasteiger partial charge in [-0.15, -0.1) is 0 Å². The maximum Gasteiger partial charge on any atom is 0.221 e. The number of nitrogens with two attached hydrogens (primary N) is 1. The molecule has 1 saturated heterocycles. The van der Waals surface area contributed by atoms with Gasteiger partial charge in [0.05, 0.1) is 0 Å². The Kier molecular flexibility index (Phi) is 7.48. The number of hydrogen-bond acceptors (Lipinski definition) is 4. The number of likely N-dealkylation sites (tertiary alicyclic amines) is 1. The Bertz CT molecular complexity index is 288. The molecule has 0 aromatic heterocycles. The van der Waals surface area contributed by atoms with Crippen molar-refractivity contribution < 1.29 is 4.79 Å². The van der Waals surface area contributed by atoms with E-state index in [2.05, 4.69) is 29.2 Å². The molecule has 1 atom stereocenters. The zero-order chi connectivity index (χ0) is 15.1. The summed E-state index contributed by atoms with van der Waals surface area (Å²) in [5.41, 5.74) is 5.85. The van der Waals surface area contributed by atoms with Crippen molar-refractivity contribution in [2.45, 2.75) is 45.2 Å². The summed E-state index contributed by atoms with van der Waals surface area (Å²) in [6.07, 6.45) is 2.99. The molecule has 0 aromatic rings. The lowest BCUT2D eigenvalue weighted by Gasteiger charge is -2.34. The van der Waals surface area contributed by atoms with E-state index >= 15 is 0 Å². The van der Waals surface area contributed by atoms with Crippen molar-refractivity contribution in [3.63, 3.8) is 0 Å². The molecule has 0 spiro atoms. The fraction of sp³-hybridized carbons (Fsp3) is 0.933. The topological polar surface area (TPSA) is 61.6 Å². The van der Waals surface area contributed by atoms with E-state index in [1.807, 2.05) is 13.8 Å². The molecule has 5 nitrogen and oxygen atoms in total. The lowest BCUT2D eigenvalue weighted by atomic mass is 9.96. The molecule has 1 fully saturated rings. The second kappa shape index (κ2) is 8.60. The Hall–Kier alpha value is -0.650. The van der Waals surface area contributed by atoms with Crippen LogP contribution in [0.2, 0.25) is 0 Å². The number of hydrogen-bond donors (Lipinski definition) is 2. The molecule has 118 valence electrons. The number of rotatable bonds is 7. The quantitative estimate of drug-likeness (QED) is 0.715. The first-order chi connectivity index (χ1) is 9.42. The Morgan fingerprint density at radius 1 is 1.40 bits per heavy atom. The van der Waals surface area contributed by atoms with E-state index < -0.39 is 0 Å². The number of likely N-dealkylation sites (N-methyl/N-ethyl adjacent to an activating group) is 1. The number of amides is 1. The second-order valence-electron chi connectivity index (χ2n) is 6.50. The van der Waals surface area contributed by atoms with Crippen LogP contribution in [-0.4, -0.2) is 68.1 Å². The van der Waals surface area contributed by atoms with Crippen LogP contribution in [0.15, 0.2) is 0 Å². The maximum atomic E-state index is 11.9. The van der Waals surface area contributed by atoms with Crippen molar-refractivity contribution in [3.05, 3.63) is 0 Å². The number of carbonyl (C=O) groups is 1. The minimum atomic E-state index is 0.102. The van der Waals surface area contributed by atoms with E-state index in [0.29, 0.717) is 13.0 Å². The summed E-state index contributed by atoms with van der Waals surface area (Å²) in [6.45, 7) is 7.91. The van der Waals surface area contributed by atoms with Crippen LogP contribution in [0.3, 0.4) is 0 Å². The zero-order valence-electron chi connectivity index (χ0n) is 13.6. The van der Waals surface area contributed by atoms with Crippen LogP contribution in [0.5, 0.6) is 0 Å². The van der Waals surface area contributed by atoms with Crippen molar-refractivity contribution in [2.24, 2.45) is 11.7 Å². The predicted molar refractivity (Wildman–Crippen MR) is 83.6 cm³/mol. The molecule has 5 heteroatoms. The monoisotopic (exact) mass is 284 g/mol. The van der Waals surface area contributed by atoms with Gasteiger partial charge in [-0.05, 0) is 59.8 Å². The van der Waals surface area contributed by atoms with Crippen LogP contribution >= 0.6 is 0 Å². The molecule has 20 heavy (non-hydrogen) atoms. The first kappa shape index (κ1) is 17.4. The predicted octanol–water partition coefficient (Wildman–Crippen LogP) is 0.502. The van der Waals surface area contributed by atoms with Crippen molar-refractivity contribution in [1.82, 2.24) is 15.1 Å². The van der Waals surface area contributed by atoms with Gasteiger partial charge in [0.1, 0.15) is 0 Å². The SMILES string of the molecule is CC(C)NC(=O)CC(CN)N(C)CC1CCN(C)CC1. The lowest BCUT2D eigenvalue weighted by molar-refractivity contribution is -0.122. The molecule has 1 amide bonds. The number of carbonyl (C=O) groups excluding carboxylic acids is 1.